The van der Waals surface area contributed by atoms with Gasteiger partial charge in [-0.05, 0) is 118 Å². The Morgan fingerprint density at radius 3 is 1.18 bits per heavy atom. The van der Waals surface area contributed by atoms with Gasteiger partial charge in [-0.2, -0.15) is 16.8 Å². The first-order valence-corrected chi connectivity index (χ1v) is 31.2. The summed E-state index contributed by atoms with van der Waals surface area (Å²) in [6, 6.07) is 36.9. The molecule has 0 bridgehead atoms. The number of aliphatic hydroxyl groups excluding tert-OH is 1. The van der Waals surface area contributed by atoms with Crippen molar-refractivity contribution in [2.75, 3.05) is 39.7 Å². The van der Waals surface area contributed by atoms with E-state index in [0.29, 0.717) is 22.5 Å². The molecule has 0 saturated heterocycles. The molecule has 452 valence electrons. The van der Waals surface area contributed by atoms with E-state index in [0.717, 1.165) is 0 Å². The molecule has 8 N–H and O–H groups in total. The quantitative estimate of drug-likeness (QED) is 0.0417. The van der Waals surface area contributed by atoms with Gasteiger partial charge in [-0.3, -0.25) is 37.9 Å². The number of rotatable bonds is 16. The topological polar surface area (TPSA) is 301 Å². The average Bonchev–Trinajstić information content (AvgIpc) is 0.809. The summed E-state index contributed by atoms with van der Waals surface area (Å²) in [4.78, 5) is 86.8. The molecule has 0 aliphatic heterocycles. The van der Waals surface area contributed by atoms with Gasteiger partial charge in [-0.1, -0.05) is 91.0 Å². The molecule has 9 aromatic carbocycles. The zero-order chi connectivity index (χ0) is 64.0. The van der Waals surface area contributed by atoms with Crippen LogP contribution < -0.4 is 31.3 Å². The van der Waals surface area contributed by atoms with E-state index in [4.69, 9.17) is 4.74 Å². The number of aliphatic hydroxyl groups is 1. The highest BCUT2D eigenvalue weighted by atomic mass is 32.2. The van der Waals surface area contributed by atoms with Crippen LogP contribution in [0.2, 0.25) is 0 Å². The van der Waals surface area contributed by atoms with E-state index in [1.165, 1.54) is 64.1 Å². The summed E-state index contributed by atoms with van der Waals surface area (Å²) < 4.78 is 82.8. The molecular formula is C69H55N5O14S2. The number of ether oxygens (including phenoxy) is 1. The SMILES string of the molecule is Cc1c(CNc2ccc(NCCO)c3c2C(=O)c2ccccc2C3=O)c(C)c(S(=O)(=O)O)c(C)c1Nc1ccc(Nc2c(C)c(Oc3ccc(Nc4ccccc4)c4c3C(=O)c3ccccc3C4=O)c(C)c(S(=O)(=O)O)c2C)c2c1C(=O)c1ccccc1C2=O. The minimum atomic E-state index is -5.11. The second-order valence-corrected chi connectivity index (χ2v) is 24.8. The lowest BCUT2D eigenvalue weighted by molar-refractivity contribution is 0.0977. The maximum absolute atomic E-state index is 15.2. The molecule has 0 spiro atoms. The first kappa shape index (κ1) is 59.9. The normalized spacial score (nSPS) is 13.2. The number of benzene rings is 9. The number of nitrogens with one attached hydrogen (secondary N) is 5. The van der Waals surface area contributed by atoms with Gasteiger partial charge in [0.25, 0.3) is 20.2 Å². The van der Waals surface area contributed by atoms with Crippen LogP contribution in [0.25, 0.3) is 0 Å². The average molecular weight is 1240 g/mol. The number of hydrogen-bond acceptors (Lipinski definition) is 17. The molecule has 0 saturated carbocycles. The van der Waals surface area contributed by atoms with Crippen LogP contribution in [-0.4, -0.2) is 78.9 Å². The van der Waals surface area contributed by atoms with Gasteiger partial charge in [0, 0.05) is 86.0 Å². The Kier molecular flexibility index (Phi) is 15.1. The molecule has 90 heavy (non-hydrogen) atoms. The number of anilines is 8. The summed E-state index contributed by atoms with van der Waals surface area (Å²) >= 11 is 0. The van der Waals surface area contributed by atoms with Crippen molar-refractivity contribution in [1.82, 2.24) is 0 Å². The molecular weight excluding hydrogens is 1190 g/mol. The molecule has 0 fully saturated rings. The lowest BCUT2D eigenvalue weighted by Crippen LogP contribution is -2.25. The van der Waals surface area contributed by atoms with Gasteiger partial charge in [0.05, 0.1) is 57.0 Å². The van der Waals surface area contributed by atoms with Crippen LogP contribution in [-0.2, 0) is 26.8 Å². The lowest BCUT2D eigenvalue weighted by Gasteiger charge is -2.28. The van der Waals surface area contributed by atoms with Gasteiger partial charge in [-0.25, -0.2) is 0 Å². The second kappa shape index (κ2) is 22.6. The van der Waals surface area contributed by atoms with Crippen LogP contribution in [0.5, 0.6) is 11.5 Å². The predicted octanol–water partition coefficient (Wildman–Crippen LogP) is 12.4. The molecule has 12 rings (SSSR count). The number of carbonyl (C=O) groups excluding carboxylic acids is 6. The first-order chi connectivity index (χ1) is 42.9. The van der Waals surface area contributed by atoms with Crippen molar-refractivity contribution >= 4 is 100 Å². The van der Waals surface area contributed by atoms with Gasteiger partial charge in [0.1, 0.15) is 21.3 Å². The van der Waals surface area contributed by atoms with E-state index < -0.39 is 64.7 Å². The highest BCUT2D eigenvalue weighted by Gasteiger charge is 2.39. The Bertz CT molecular complexity index is 4960. The molecule has 19 nitrogen and oxygen atoms in total. The van der Waals surface area contributed by atoms with Crippen LogP contribution >= 0.6 is 0 Å². The van der Waals surface area contributed by atoms with Crippen molar-refractivity contribution in [1.29, 1.82) is 0 Å². The fourth-order valence-corrected chi connectivity index (χ4v) is 14.7. The third-order valence-electron chi connectivity index (χ3n) is 16.8. The zero-order valence-corrected chi connectivity index (χ0v) is 50.7. The monoisotopic (exact) mass is 1240 g/mol. The molecule has 3 aliphatic rings. The summed E-state index contributed by atoms with van der Waals surface area (Å²) in [7, 11) is -10.1. The van der Waals surface area contributed by atoms with Crippen LogP contribution in [0.3, 0.4) is 0 Å². The summed E-state index contributed by atoms with van der Waals surface area (Å²) in [6.07, 6.45) is 0. The van der Waals surface area contributed by atoms with Crippen LogP contribution in [0, 0.1) is 41.5 Å². The molecule has 0 aromatic heterocycles. The molecule has 0 radical (unpaired) electrons. The highest BCUT2D eigenvalue weighted by molar-refractivity contribution is 7.86. The fourth-order valence-electron chi connectivity index (χ4n) is 12.7. The Labute approximate surface area is 516 Å². The van der Waals surface area contributed by atoms with Crippen molar-refractivity contribution in [2.24, 2.45) is 0 Å². The van der Waals surface area contributed by atoms with Gasteiger partial charge >= 0.3 is 0 Å². The Balaban J connectivity index is 0.974. The molecule has 0 heterocycles. The largest absolute Gasteiger partial charge is 0.456 e. The maximum atomic E-state index is 15.2. The third kappa shape index (κ3) is 9.88. The van der Waals surface area contributed by atoms with Crippen molar-refractivity contribution < 1.29 is 64.6 Å². The maximum Gasteiger partial charge on any atom is 0.295 e. The molecule has 9 aromatic rings. The van der Waals surface area contributed by atoms with Crippen molar-refractivity contribution in [3.05, 3.63) is 245 Å². The van der Waals surface area contributed by atoms with E-state index in [1.807, 2.05) is 6.07 Å². The smallest absolute Gasteiger partial charge is 0.295 e. The van der Waals surface area contributed by atoms with E-state index in [1.54, 1.807) is 111 Å². The fraction of sp³-hybridized carbons (Fsp3) is 0.130. The van der Waals surface area contributed by atoms with E-state index in [2.05, 4.69) is 26.6 Å². The third-order valence-corrected chi connectivity index (χ3v) is 19.1. The van der Waals surface area contributed by atoms with Gasteiger partial charge in [-0.15, -0.1) is 0 Å². The number of carbonyl (C=O) groups is 6. The van der Waals surface area contributed by atoms with Gasteiger partial charge in [0.2, 0.25) is 0 Å². The van der Waals surface area contributed by atoms with Crippen LogP contribution in [0.1, 0.15) is 134 Å². The zero-order valence-electron chi connectivity index (χ0n) is 49.0. The van der Waals surface area contributed by atoms with Crippen LogP contribution in [0.4, 0.5) is 45.5 Å². The molecule has 0 unspecified atom stereocenters. The second-order valence-electron chi connectivity index (χ2n) is 22.1. The van der Waals surface area contributed by atoms with Crippen LogP contribution in [0.15, 0.2) is 149 Å². The molecule has 0 atom stereocenters. The lowest BCUT2D eigenvalue weighted by atomic mass is 9.82. The summed E-state index contributed by atoms with van der Waals surface area (Å²) in [5, 5.41) is 25.6. The van der Waals surface area contributed by atoms with Gasteiger partial charge < -0.3 is 36.4 Å². The predicted molar refractivity (Wildman–Crippen MR) is 339 cm³/mol. The standard InChI is InChI=1S/C69H55N5O14S2/c1-33-46(32-71-48-25-24-47(70-30-31-75)53-54(48)62(77)41-19-11-10-18-40(41)61(53)76)34(2)68(89(82,83)84)36(4)59(33)73-50-26-27-51(56-55(50)63(78)42-20-12-13-21-43(42)64(56)79)74-60-35(3)67(38(6)69(37(60)5)90(85,86)87)88-52-29-28-49(72-39-16-8-7-9-17-39)57-58(52)66(81)45-23-15-14-22-44(45)65(57)80/h7-29,70-75H,30-32H2,1-6H3,(H,82,83,84)(H,85,86,87). The summed E-state index contributed by atoms with van der Waals surface area (Å²) in [6.45, 7) is 8.66. The Hall–Kier alpha value is -10.4. The molecule has 0 amide bonds. The van der Waals surface area contributed by atoms with Crippen molar-refractivity contribution in [2.45, 2.75) is 57.9 Å². The van der Waals surface area contributed by atoms with Crippen molar-refractivity contribution in [3.63, 3.8) is 0 Å². The number of fused-ring (bicyclic) bond motifs is 6. The van der Waals surface area contributed by atoms with Gasteiger partial charge in [0.15, 0.2) is 34.7 Å². The minimum Gasteiger partial charge on any atom is -0.456 e. The molecule has 3 aliphatic carbocycles. The number of ketones is 6. The number of para-hydroxylation sites is 1. The first-order valence-electron chi connectivity index (χ1n) is 28.3. The molecule has 21 heteroatoms. The van der Waals surface area contributed by atoms with E-state index >= 15 is 9.59 Å². The van der Waals surface area contributed by atoms with E-state index in [-0.39, 0.29) is 160 Å². The summed E-state index contributed by atoms with van der Waals surface area (Å²) in [5.41, 5.74) is 2.83. The summed E-state index contributed by atoms with van der Waals surface area (Å²) in [5.74, 6) is -3.48. The minimum absolute atomic E-state index is 0.00184. The highest BCUT2D eigenvalue weighted by Crippen LogP contribution is 2.48. The Morgan fingerprint density at radius 1 is 0.378 bits per heavy atom. The Morgan fingerprint density at radius 2 is 0.733 bits per heavy atom. The number of hydrogen-bond donors (Lipinski definition) is 8. The van der Waals surface area contributed by atoms with E-state index in [9.17, 15) is 50.2 Å². The van der Waals surface area contributed by atoms with Crippen molar-refractivity contribution in [3.8, 4) is 11.5 Å².